The molecule has 1 aliphatic rings. The second-order valence-electron chi connectivity index (χ2n) is 5.78. The average molecular weight is 321 g/mol. The van der Waals surface area contributed by atoms with Gasteiger partial charge in [0.25, 0.3) is 5.91 Å². The van der Waals surface area contributed by atoms with E-state index in [0.29, 0.717) is 18.2 Å². The van der Waals surface area contributed by atoms with E-state index < -0.39 is 0 Å². The molecule has 3 rings (SSSR count). The summed E-state index contributed by atoms with van der Waals surface area (Å²) in [7, 11) is 0. The Morgan fingerprint density at radius 3 is 2.62 bits per heavy atom. The van der Waals surface area contributed by atoms with Crippen LogP contribution in [0.1, 0.15) is 34.3 Å². The SMILES string of the molecule is O=C(/C=C/c1ccc(C(=O)NC2CC2)cc1)NCc1cccnc1. The normalized spacial score (nSPS) is 13.7. The zero-order valence-electron chi connectivity index (χ0n) is 13.2. The molecule has 5 heteroatoms. The predicted octanol–water partition coefficient (Wildman–Crippen LogP) is 2.30. The lowest BCUT2D eigenvalue weighted by atomic mass is 10.1. The third kappa shape index (κ3) is 4.78. The van der Waals surface area contributed by atoms with Crippen molar-refractivity contribution in [1.29, 1.82) is 0 Å². The first-order chi connectivity index (χ1) is 11.7. The Bertz CT molecular complexity index is 735. The fourth-order valence-corrected chi connectivity index (χ4v) is 2.16. The lowest BCUT2D eigenvalue weighted by molar-refractivity contribution is -0.116. The minimum atomic E-state index is -0.172. The third-order valence-corrected chi connectivity index (χ3v) is 3.70. The molecule has 0 radical (unpaired) electrons. The van der Waals surface area contributed by atoms with Crippen molar-refractivity contribution < 1.29 is 9.59 Å². The Morgan fingerprint density at radius 1 is 1.17 bits per heavy atom. The number of carbonyl (C=O) groups excluding carboxylic acids is 2. The lowest BCUT2D eigenvalue weighted by Gasteiger charge is -2.03. The molecule has 0 saturated heterocycles. The van der Waals surface area contributed by atoms with Crippen LogP contribution in [0.25, 0.3) is 6.08 Å². The maximum atomic E-state index is 11.9. The minimum Gasteiger partial charge on any atom is -0.349 e. The van der Waals surface area contributed by atoms with Gasteiger partial charge >= 0.3 is 0 Å². The highest BCUT2D eigenvalue weighted by Gasteiger charge is 2.23. The van der Waals surface area contributed by atoms with Crippen LogP contribution in [0.2, 0.25) is 0 Å². The predicted molar refractivity (Wildman–Crippen MR) is 92.0 cm³/mol. The highest BCUT2D eigenvalue weighted by molar-refractivity contribution is 5.95. The van der Waals surface area contributed by atoms with Gasteiger partial charge in [0.1, 0.15) is 0 Å². The number of rotatable bonds is 6. The second-order valence-corrected chi connectivity index (χ2v) is 5.78. The van der Waals surface area contributed by atoms with Crippen molar-refractivity contribution in [3.63, 3.8) is 0 Å². The molecule has 122 valence electrons. The molecule has 0 spiro atoms. The topological polar surface area (TPSA) is 71.1 Å². The van der Waals surface area contributed by atoms with Crippen LogP contribution >= 0.6 is 0 Å². The number of hydrogen-bond acceptors (Lipinski definition) is 3. The van der Waals surface area contributed by atoms with Crippen LogP contribution < -0.4 is 10.6 Å². The van der Waals surface area contributed by atoms with E-state index in [1.54, 1.807) is 30.6 Å². The van der Waals surface area contributed by atoms with Crippen LogP contribution in [-0.2, 0) is 11.3 Å². The van der Waals surface area contributed by atoms with Crippen LogP contribution in [0.3, 0.4) is 0 Å². The monoisotopic (exact) mass is 321 g/mol. The number of nitrogens with one attached hydrogen (secondary N) is 2. The summed E-state index contributed by atoms with van der Waals surface area (Å²) in [6.45, 7) is 0.442. The summed E-state index contributed by atoms with van der Waals surface area (Å²) in [6, 6.07) is 11.3. The Balaban J connectivity index is 1.50. The molecule has 2 aromatic rings. The van der Waals surface area contributed by atoms with E-state index in [0.717, 1.165) is 24.0 Å². The molecule has 1 aromatic carbocycles. The smallest absolute Gasteiger partial charge is 0.251 e. The molecule has 0 bridgehead atoms. The summed E-state index contributed by atoms with van der Waals surface area (Å²) < 4.78 is 0. The number of aromatic nitrogens is 1. The van der Waals surface area contributed by atoms with Gasteiger partial charge < -0.3 is 10.6 Å². The molecule has 1 fully saturated rings. The molecule has 1 saturated carbocycles. The van der Waals surface area contributed by atoms with Crippen molar-refractivity contribution in [2.75, 3.05) is 0 Å². The molecule has 1 aliphatic carbocycles. The van der Waals surface area contributed by atoms with Gasteiger partial charge in [0, 0.05) is 36.6 Å². The average Bonchev–Trinajstić information content (AvgIpc) is 3.43. The van der Waals surface area contributed by atoms with E-state index in [1.165, 1.54) is 6.08 Å². The van der Waals surface area contributed by atoms with E-state index in [4.69, 9.17) is 0 Å². The van der Waals surface area contributed by atoms with Crippen molar-refractivity contribution in [2.45, 2.75) is 25.4 Å². The summed E-state index contributed by atoms with van der Waals surface area (Å²) in [5, 5.41) is 5.74. The number of hydrogen-bond donors (Lipinski definition) is 2. The fraction of sp³-hybridized carbons (Fsp3) is 0.211. The van der Waals surface area contributed by atoms with Gasteiger partial charge in [-0.05, 0) is 48.2 Å². The first kappa shape index (κ1) is 15.9. The zero-order valence-corrected chi connectivity index (χ0v) is 13.2. The first-order valence-corrected chi connectivity index (χ1v) is 7.96. The standard InChI is InChI=1S/C19H19N3O2/c23-18(21-13-15-2-1-11-20-12-15)10-5-14-3-6-16(7-4-14)19(24)22-17-8-9-17/h1-7,10-12,17H,8-9,13H2,(H,21,23)(H,22,24)/b10-5+. The molecule has 1 aromatic heterocycles. The second kappa shape index (κ2) is 7.55. The van der Waals surface area contributed by atoms with Crippen LogP contribution in [0.15, 0.2) is 54.9 Å². The fourth-order valence-electron chi connectivity index (χ4n) is 2.16. The van der Waals surface area contributed by atoms with Gasteiger partial charge in [0.2, 0.25) is 5.91 Å². The molecule has 0 aliphatic heterocycles. The molecular formula is C19H19N3O2. The van der Waals surface area contributed by atoms with Gasteiger partial charge in [-0.1, -0.05) is 18.2 Å². The molecule has 5 nitrogen and oxygen atoms in total. The van der Waals surface area contributed by atoms with Crippen LogP contribution in [0.5, 0.6) is 0 Å². The summed E-state index contributed by atoms with van der Waals surface area (Å²) in [4.78, 5) is 27.7. The maximum Gasteiger partial charge on any atom is 0.251 e. The van der Waals surface area contributed by atoms with Crippen molar-refractivity contribution in [2.24, 2.45) is 0 Å². The highest BCUT2D eigenvalue weighted by Crippen LogP contribution is 2.19. The summed E-state index contributed by atoms with van der Waals surface area (Å²) in [5.74, 6) is -0.211. The zero-order chi connectivity index (χ0) is 16.8. The van der Waals surface area contributed by atoms with Gasteiger partial charge in [-0.3, -0.25) is 14.6 Å². The summed E-state index contributed by atoms with van der Waals surface area (Å²) in [5.41, 5.74) is 2.46. The number of nitrogens with zero attached hydrogens (tertiary/aromatic N) is 1. The third-order valence-electron chi connectivity index (χ3n) is 3.70. The number of amides is 2. The number of benzene rings is 1. The van der Waals surface area contributed by atoms with Crippen molar-refractivity contribution in [3.8, 4) is 0 Å². The Hall–Kier alpha value is -2.95. The molecule has 24 heavy (non-hydrogen) atoms. The van der Waals surface area contributed by atoms with Gasteiger partial charge in [-0.15, -0.1) is 0 Å². The van der Waals surface area contributed by atoms with Crippen molar-refractivity contribution in [3.05, 3.63) is 71.6 Å². The summed E-state index contributed by atoms with van der Waals surface area (Å²) in [6.07, 6.45) is 8.76. The van der Waals surface area contributed by atoms with Crippen LogP contribution in [-0.4, -0.2) is 22.8 Å². The Labute approximate surface area is 140 Å². The Morgan fingerprint density at radius 2 is 1.96 bits per heavy atom. The Kier molecular flexibility index (Phi) is 5.01. The van der Waals surface area contributed by atoms with E-state index in [-0.39, 0.29) is 11.8 Å². The van der Waals surface area contributed by atoms with Gasteiger partial charge in [0.15, 0.2) is 0 Å². The molecule has 2 N–H and O–H groups in total. The molecule has 1 heterocycles. The number of carbonyl (C=O) groups is 2. The molecule has 0 unspecified atom stereocenters. The first-order valence-electron chi connectivity index (χ1n) is 7.96. The van der Waals surface area contributed by atoms with Gasteiger partial charge in [-0.2, -0.15) is 0 Å². The highest BCUT2D eigenvalue weighted by atomic mass is 16.2. The van der Waals surface area contributed by atoms with Crippen LogP contribution in [0, 0.1) is 0 Å². The van der Waals surface area contributed by atoms with Gasteiger partial charge in [-0.25, -0.2) is 0 Å². The lowest BCUT2D eigenvalue weighted by Crippen LogP contribution is -2.25. The van der Waals surface area contributed by atoms with Crippen molar-refractivity contribution >= 4 is 17.9 Å². The maximum absolute atomic E-state index is 11.9. The minimum absolute atomic E-state index is 0.0396. The van der Waals surface area contributed by atoms with Gasteiger partial charge in [0.05, 0.1) is 0 Å². The number of pyridine rings is 1. The largest absolute Gasteiger partial charge is 0.349 e. The van der Waals surface area contributed by atoms with Crippen molar-refractivity contribution in [1.82, 2.24) is 15.6 Å². The molecule has 2 amide bonds. The summed E-state index contributed by atoms with van der Waals surface area (Å²) >= 11 is 0. The molecular weight excluding hydrogens is 302 g/mol. The van der Waals surface area contributed by atoms with Crippen LogP contribution in [0.4, 0.5) is 0 Å². The van der Waals surface area contributed by atoms with E-state index in [9.17, 15) is 9.59 Å². The van der Waals surface area contributed by atoms with E-state index in [2.05, 4.69) is 15.6 Å². The molecule has 0 atom stereocenters. The van der Waals surface area contributed by atoms with E-state index in [1.807, 2.05) is 24.3 Å². The van der Waals surface area contributed by atoms with E-state index >= 15 is 0 Å². The quantitative estimate of drug-likeness (QED) is 0.802.